The number of esters is 1. The number of hydrogen-bond acceptors (Lipinski definition) is 6. The predicted molar refractivity (Wildman–Crippen MR) is 89.6 cm³/mol. The van der Waals surface area contributed by atoms with Gasteiger partial charge in [0.05, 0.1) is 6.54 Å². The van der Waals surface area contributed by atoms with Gasteiger partial charge in [0, 0.05) is 31.5 Å². The van der Waals surface area contributed by atoms with E-state index in [4.69, 9.17) is 10.5 Å². The van der Waals surface area contributed by atoms with E-state index in [2.05, 4.69) is 0 Å². The van der Waals surface area contributed by atoms with Crippen molar-refractivity contribution >= 4 is 23.7 Å². The maximum absolute atomic E-state index is 12.5. The second-order valence-electron chi connectivity index (χ2n) is 6.06. The molecule has 1 heterocycles. The van der Waals surface area contributed by atoms with Gasteiger partial charge in [-0.05, 0) is 18.6 Å². The number of rotatable bonds is 7. The summed E-state index contributed by atoms with van der Waals surface area (Å²) in [5.41, 5.74) is 6.13. The number of nitrogens with zero attached hydrogens (tertiary/aromatic N) is 2. The van der Waals surface area contributed by atoms with Gasteiger partial charge in [0.1, 0.15) is 11.8 Å². The highest BCUT2D eigenvalue weighted by molar-refractivity contribution is 6.01. The van der Waals surface area contributed by atoms with Gasteiger partial charge >= 0.3 is 5.97 Å². The van der Waals surface area contributed by atoms with E-state index in [-0.39, 0.29) is 37.8 Å². The van der Waals surface area contributed by atoms with Crippen LogP contribution in [0.3, 0.4) is 0 Å². The van der Waals surface area contributed by atoms with Gasteiger partial charge in [-0.15, -0.1) is 0 Å². The van der Waals surface area contributed by atoms with Gasteiger partial charge in [-0.3, -0.25) is 19.2 Å². The number of primary amides is 1. The van der Waals surface area contributed by atoms with Crippen LogP contribution in [0.5, 0.6) is 5.75 Å². The van der Waals surface area contributed by atoms with Gasteiger partial charge in [-0.25, -0.2) is 0 Å². The van der Waals surface area contributed by atoms with Crippen molar-refractivity contribution in [3.63, 3.8) is 0 Å². The molecule has 0 bridgehead atoms. The molecule has 2 rings (SSSR count). The van der Waals surface area contributed by atoms with Crippen molar-refractivity contribution in [2.75, 3.05) is 13.8 Å². The topological polar surface area (TPSA) is 130 Å². The van der Waals surface area contributed by atoms with Crippen molar-refractivity contribution in [2.24, 2.45) is 5.73 Å². The van der Waals surface area contributed by atoms with Gasteiger partial charge in [0.15, 0.2) is 6.73 Å². The van der Waals surface area contributed by atoms with E-state index >= 15 is 0 Å². The quantitative estimate of drug-likeness (QED) is 0.516. The molecule has 0 aromatic heterocycles. The number of nitrogens with two attached hydrogens (primary N) is 1. The zero-order valence-electron chi connectivity index (χ0n) is 14.6. The maximum atomic E-state index is 12.5. The number of amides is 3. The fourth-order valence-electron chi connectivity index (χ4n) is 2.63. The zero-order valence-corrected chi connectivity index (χ0v) is 14.6. The molecule has 9 nitrogen and oxygen atoms in total. The van der Waals surface area contributed by atoms with Crippen molar-refractivity contribution in [2.45, 2.75) is 32.4 Å². The second kappa shape index (κ2) is 7.85. The number of benzene rings is 1. The average Bonchev–Trinajstić information content (AvgIpc) is 2.91. The number of carbonyl (C=O) groups excluding carboxylic acids is 4. The molecule has 3 N–H and O–H groups in total. The number of phenols is 1. The first kappa shape index (κ1) is 19.2. The van der Waals surface area contributed by atoms with Gasteiger partial charge in [-0.1, -0.05) is 6.07 Å². The Labute approximate surface area is 150 Å². The normalized spacial score (nSPS) is 13.9. The molecule has 3 amide bonds. The average molecular weight is 363 g/mol. The van der Waals surface area contributed by atoms with E-state index in [1.54, 1.807) is 6.07 Å². The lowest BCUT2D eigenvalue weighted by atomic mass is 10.1. The van der Waals surface area contributed by atoms with Crippen LogP contribution in [-0.4, -0.2) is 58.4 Å². The first-order chi connectivity index (χ1) is 12.2. The summed E-state index contributed by atoms with van der Waals surface area (Å²) < 4.78 is 4.94. The molecule has 0 aliphatic carbocycles. The summed E-state index contributed by atoms with van der Waals surface area (Å²) in [6, 6.07) is 3.55. The Kier molecular flexibility index (Phi) is 5.81. The zero-order chi connectivity index (χ0) is 19.4. The monoisotopic (exact) mass is 363 g/mol. The minimum atomic E-state index is -1.01. The van der Waals surface area contributed by atoms with Crippen LogP contribution >= 0.6 is 0 Å². The van der Waals surface area contributed by atoms with Gasteiger partial charge in [-0.2, -0.15) is 0 Å². The fraction of sp³-hybridized carbons (Fsp3) is 0.412. The van der Waals surface area contributed by atoms with Crippen LogP contribution in [0.1, 0.15) is 35.7 Å². The number of fused-ring (bicyclic) bond motifs is 1. The molecule has 9 heteroatoms. The number of hydrogen-bond donors (Lipinski definition) is 2. The Bertz CT molecular complexity index is 748. The summed E-state index contributed by atoms with van der Waals surface area (Å²) in [4.78, 5) is 49.6. The number of carbonyl (C=O) groups is 4. The molecule has 1 unspecified atom stereocenters. The van der Waals surface area contributed by atoms with E-state index in [1.807, 2.05) is 0 Å². The third kappa shape index (κ3) is 4.11. The maximum Gasteiger partial charge on any atom is 0.307 e. The lowest BCUT2D eigenvalue weighted by molar-refractivity contribution is -0.151. The van der Waals surface area contributed by atoms with Crippen LogP contribution in [-0.2, 0) is 25.7 Å². The fourth-order valence-corrected chi connectivity index (χ4v) is 2.63. The van der Waals surface area contributed by atoms with Crippen LogP contribution in [0.25, 0.3) is 0 Å². The van der Waals surface area contributed by atoms with E-state index in [9.17, 15) is 24.3 Å². The Morgan fingerprint density at radius 1 is 1.38 bits per heavy atom. The molecule has 1 aromatic carbocycles. The largest absolute Gasteiger partial charge is 0.508 e. The minimum Gasteiger partial charge on any atom is -0.508 e. The highest BCUT2D eigenvalue weighted by Crippen LogP contribution is 2.31. The smallest absolute Gasteiger partial charge is 0.307 e. The molecule has 1 aromatic rings. The molecular weight excluding hydrogens is 342 g/mol. The third-order valence-corrected chi connectivity index (χ3v) is 4.25. The molecule has 140 valence electrons. The molecule has 1 aliphatic rings. The number of ether oxygens (including phenoxy) is 1. The van der Waals surface area contributed by atoms with Gasteiger partial charge < -0.3 is 25.4 Å². The standard InChI is InChI=1S/C17H21N3O6/c1-10(21)19(2)9-26-15(23)7-6-13(16(18)24)20-8-12-11(17(20)25)4-3-5-14(12)22/h3-5,13,22H,6-9H2,1-2H3,(H2,18,24). The number of aromatic hydroxyl groups is 1. The van der Waals surface area contributed by atoms with Crippen molar-refractivity contribution in [1.29, 1.82) is 0 Å². The van der Waals surface area contributed by atoms with Crippen LogP contribution < -0.4 is 5.73 Å². The van der Waals surface area contributed by atoms with Crippen LogP contribution in [0, 0.1) is 0 Å². The van der Waals surface area contributed by atoms with Gasteiger partial charge in [0.2, 0.25) is 11.8 Å². The van der Waals surface area contributed by atoms with Gasteiger partial charge in [0.25, 0.3) is 5.91 Å². The molecule has 0 radical (unpaired) electrons. The van der Waals surface area contributed by atoms with Crippen molar-refractivity contribution in [3.8, 4) is 5.75 Å². The Morgan fingerprint density at radius 3 is 2.65 bits per heavy atom. The van der Waals surface area contributed by atoms with E-state index in [0.29, 0.717) is 11.1 Å². The van der Waals surface area contributed by atoms with Crippen LogP contribution in [0.15, 0.2) is 18.2 Å². The Balaban J connectivity index is 1.99. The predicted octanol–water partition coefficient (Wildman–Crippen LogP) is -0.0389. The lowest BCUT2D eigenvalue weighted by Gasteiger charge is -2.25. The first-order valence-electron chi connectivity index (χ1n) is 8.00. The SMILES string of the molecule is CC(=O)N(C)COC(=O)CCC(C(N)=O)N1Cc2c(O)cccc2C1=O. The Morgan fingerprint density at radius 2 is 2.08 bits per heavy atom. The van der Waals surface area contributed by atoms with Crippen molar-refractivity contribution in [3.05, 3.63) is 29.3 Å². The van der Waals surface area contributed by atoms with Crippen LogP contribution in [0.4, 0.5) is 0 Å². The third-order valence-electron chi connectivity index (χ3n) is 4.25. The molecule has 1 atom stereocenters. The second-order valence-corrected chi connectivity index (χ2v) is 6.06. The molecule has 0 saturated carbocycles. The summed E-state index contributed by atoms with van der Waals surface area (Å²) >= 11 is 0. The summed E-state index contributed by atoms with van der Waals surface area (Å²) in [5.74, 6) is -2.08. The minimum absolute atomic E-state index is 0.0154. The highest BCUT2D eigenvalue weighted by atomic mass is 16.5. The lowest BCUT2D eigenvalue weighted by Crippen LogP contribution is -2.45. The highest BCUT2D eigenvalue weighted by Gasteiger charge is 2.36. The van der Waals surface area contributed by atoms with Crippen molar-refractivity contribution < 1.29 is 29.0 Å². The first-order valence-corrected chi connectivity index (χ1v) is 8.00. The molecule has 1 aliphatic heterocycles. The molecule has 0 saturated heterocycles. The molecular formula is C17H21N3O6. The summed E-state index contributed by atoms with van der Waals surface area (Å²) in [5, 5.41) is 9.87. The van der Waals surface area contributed by atoms with E-state index < -0.39 is 23.8 Å². The number of phenolic OH excluding ortho intramolecular Hbond substituents is 1. The van der Waals surface area contributed by atoms with E-state index in [1.165, 1.54) is 35.9 Å². The summed E-state index contributed by atoms with van der Waals surface area (Å²) in [7, 11) is 1.48. The van der Waals surface area contributed by atoms with Crippen LogP contribution in [0.2, 0.25) is 0 Å². The molecule has 26 heavy (non-hydrogen) atoms. The molecule has 0 fully saturated rings. The molecule has 0 spiro atoms. The summed E-state index contributed by atoms with van der Waals surface area (Å²) in [6.45, 7) is 1.18. The Hall–Kier alpha value is -3.10. The van der Waals surface area contributed by atoms with Crippen molar-refractivity contribution in [1.82, 2.24) is 9.80 Å². The summed E-state index contributed by atoms with van der Waals surface area (Å²) in [6.07, 6.45) is -0.163. The van der Waals surface area contributed by atoms with E-state index in [0.717, 1.165) is 0 Å².